The molecule has 0 spiro atoms. The third-order valence-electron chi connectivity index (χ3n) is 3.07. The van der Waals surface area contributed by atoms with E-state index in [9.17, 15) is 4.79 Å². The first-order chi connectivity index (χ1) is 8.13. The Kier molecular flexibility index (Phi) is 3.35. The lowest BCUT2D eigenvalue weighted by Crippen LogP contribution is -2.34. The topological polar surface area (TPSA) is 44.1 Å². The molecular formula is C13H13ClN2O. The van der Waals surface area contributed by atoms with E-state index in [1.165, 1.54) is 0 Å². The van der Waals surface area contributed by atoms with E-state index in [1.54, 1.807) is 23.1 Å². The highest BCUT2D eigenvalue weighted by atomic mass is 35.5. The van der Waals surface area contributed by atoms with Crippen LogP contribution >= 0.6 is 11.6 Å². The zero-order chi connectivity index (χ0) is 12.4. The van der Waals surface area contributed by atoms with Gasteiger partial charge in [-0.1, -0.05) is 11.6 Å². The zero-order valence-electron chi connectivity index (χ0n) is 9.61. The number of hydrogen-bond acceptors (Lipinski definition) is 2. The minimum Gasteiger partial charge on any atom is -0.323 e. The quantitative estimate of drug-likeness (QED) is 0.767. The molecule has 1 aliphatic heterocycles. The Labute approximate surface area is 106 Å². The maximum Gasteiger partial charge on any atom is 0.254 e. The summed E-state index contributed by atoms with van der Waals surface area (Å²) in [6, 6.07) is 7.10. The van der Waals surface area contributed by atoms with Crippen molar-refractivity contribution < 1.29 is 4.79 Å². The molecule has 4 heteroatoms. The first kappa shape index (κ1) is 11.9. The number of halogens is 1. The molecule has 1 aliphatic rings. The van der Waals surface area contributed by atoms with Crippen LogP contribution < -0.4 is 0 Å². The molecule has 1 amide bonds. The van der Waals surface area contributed by atoms with Gasteiger partial charge < -0.3 is 4.90 Å². The summed E-state index contributed by atoms with van der Waals surface area (Å²) in [5.74, 6) is -0.0752. The van der Waals surface area contributed by atoms with Crippen molar-refractivity contribution in [3.8, 4) is 6.07 Å². The summed E-state index contributed by atoms with van der Waals surface area (Å²) in [6.45, 7) is 2.53. The summed E-state index contributed by atoms with van der Waals surface area (Å²) >= 11 is 5.92. The molecule has 0 N–H and O–H groups in total. The van der Waals surface area contributed by atoms with Crippen LogP contribution in [-0.2, 0) is 0 Å². The highest BCUT2D eigenvalue weighted by molar-refractivity contribution is 6.31. The Morgan fingerprint density at radius 2 is 2.35 bits per heavy atom. The molecule has 1 atom stereocenters. The van der Waals surface area contributed by atoms with Crippen LogP contribution in [0.25, 0.3) is 0 Å². The molecule has 0 aliphatic carbocycles. The number of likely N-dealkylation sites (tertiary alicyclic amines) is 1. The number of nitriles is 1. The summed E-state index contributed by atoms with van der Waals surface area (Å²) in [4.78, 5) is 13.9. The van der Waals surface area contributed by atoms with E-state index in [0.717, 1.165) is 18.4 Å². The van der Waals surface area contributed by atoms with Gasteiger partial charge in [0.2, 0.25) is 0 Å². The van der Waals surface area contributed by atoms with Crippen molar-refractivity contribution in [3.63, 3.8) is 0 Å². The molecule has 88 valence electrons. The molecule has 1 saturated heterocycles. The molecule has 1 unspecified atom stereocenters. The molecule has 0 aromatic heterocycles. The van der Waals surface area contributed by atoms with Crippen LogP contribution in [0.1, 0.15) is 28.8 Å². The number of amides is 1. The Morgan fingerprint density at radius 1 is 1.59 bits per heavy atom. The van der Waals surface area contributed by atoms with Crippen LogP contribution in [-0.4, -0.2) is 23.4 Å². The molecule has 0 saturated carbocycles. The van der Waals surface area contributed by atoms with Gasteiger partial charge in [-0.25, -0.2) is 0 Å². The van der Waals surface area contributed by atoms with Gasteiger partial charge in [-0.3, -0.25) is 4.79 Å². The maximum absolute atomic E-state index is 12.2. The van der Waals surface area contributed by atoms with E-state index in [2.05, 4.69) is 6.07 Å². The molecule has 1 aromatic carbocycles. The van der Waals surface area contributed by atoms with Crippen molar-refractivity contribution in [1.82, 2.24) is 4.90 Å². The molecule has 1 aromatic rings. The second kappa shape index (κ2) is 4.77. The van der Waals surface area contributed by atoms with Crippen LogP contribution in [0.2, 0.25) is 5.02 Å². The summed E-state index contributed by atoms with van der Waals surface area (Å²) in [6.07, 6.45) is 1.67. The third-order valence-corrected chi connectivity index (χ3v) is 3.49. The predicted octanol–water partition coefficient (Wildman–Crippen LogP) is 2.78. The van der Waals surface area contributed by atoms with Crippen LogP contribution in [0.15, 0.2) is 18.2 Å². The van der Waals surface area contributed by atoms with Crippen LogP contribution in [0, 0.1) is 18.3 Å². The Balaban J connectivity index is 2.25. The highest BCUT2D eigenvalue weighted by Gasteiger charge is 2.29. The highest BCUT2D eigenvalue weighted by Crippen LogP contribution is 2.22. The molecule has 1 heterocycles. The average molecular weight is 249 g/mol. The summed E-state index contributed by atoms with van der Waals surface area (Å²) < 4.78 is 0. The summed E-state index contributed by atoms with van der Waals surface area (Å²) in [5.41, 5.74) is 1.49. The number of carbonyl (C=O) groups is 1. The predicted molar refractivity (Wildman–Crippen MR) is 65.9 cm³/mol. The van der Waals surface area contributed by atoms with Gasteiger partial charge in [-0.05, 0) is 43.5 Å². The van der Waals surface area contributed by atoms with Crippen molar-refractivity contribution in [3.05, 3.63) is 34.3 Å². The van der Waals surface area contributed by atoms with Gasteiger partial charge >= 0.3 is 0 Å². The first-order valence-electron chi connectivity index (χ1n) is 5.60. The zero-order valence-corrected chi connectivity index (χ0v) is 10.4. The lowest BCUT2D eigenvalue weighted by Gasteiger charge is -2.19. The molecule has 3 nitrogen and oxygen atoms in total. The fourth-order valence-electron chi connectivity index (χ4n) is 2.09. The average Bonchev–Trinajstić information content (AvgIpc) is 2.80. The number of hydrogen-bond donors (Lipinski definition) is 0. The molecule has 0 bridgehead atoms. The van der Waals surface area contributed by atoms with Crippen molar-refractivity contribution in [2.45, 2.75) is 25.8 Å². The number of nitrogens with zero attached hydrogens (tertiary/aromatic N) is 2. The normalized spacial score (nSPS) is 19.1. The SMILES string of the molecule is Cc1cc(C(=O)N2CCCC2C#N)ccc1Cl. The fourth-order valence-corrected chi connectivity index (χ4v) is 2.21. The van der Waals surface area contributed by atoms with Gasteiger partial charge in [-0.2, -0.15) is 5.26 Å². The fraction of sp³-hybridized carbons (Fsp3) is 0.385. The monoisotopic (exact) mass is 248 g/mol. The summed E-state index contributed by atoms with van der Waals surface area (Å²) in [5, 5.41) is 9.62. The second-order valence-electron chi connectivity index (χ2n) is 4.25. The second-order valence-corrected chi connectivity index (χ2v) is 4.66. The van der Waals surface area contributed by atoms with Gasteiger partial charge in [0.1, 0.15) is 6.04 Å². The molecule has 2 rings (SSSR count). The standard InChI is InChI=1S/C13H13ClN2O/c1-9-7-10(4-5-12(9)14)13(17)16-6-2-3-11(16)8-15/h4-5,7,11H,2-3,6H2,1H3. The van der Waals surface area contributed by atoms with E-state index < -0.39 is 0 Å². The molecule has 0 radical (unpaired) electrons. The number of aryl methyl sites for hydroxylation is 1. The van der Waals surface area contributed by atoms with Gasteiger partial charge in [0.25, 0.3) is 5.91 Å². The smallest absolute Gasteiger partial charge is 0.254 e. The summed E-state index contributed by atoms with van der Waals surface area (Å²) in [7, 11) is 0. The van der Waals surface area contributed by atoms with E-state index in [-0.39, 0.29) is 11.9 Å². The van der Waals surface area contributed by atoms with Crippen LogP contribution in [0.3, 0.4) is 0 Å². The number of rotatable bonds is 1. The van der Waals surface area contributed by atoms with Crippen LogP contribution in [0.5, 0.6) is 0 Å². The number of carbonyl (C=O) groups excluding carboxylic acids is 1. The van der Waals surface area contributed by atoms with Gasteiger partial charge in [-0.15, -0.1) is 0 Å². The van der Waals surface area contributed by atoms with Crippen molar-refractivity contribution in [1.29, 1.82) is 5.26 Å². The lowest BCUT2D eigenvalue weighted by molar-refractivity contribution is 0.0765. The van der Waals surface area contributed by atoms with Gasteiger partial charge in [0.05, 0.1) is 6.07 Å². The largest absolute Gasteiger partial charge is 0.323 e. The Morgan fingerprint density at radius 3 is 3.00 bits per heavy atom. The minimum absolute atomic E-state index is 0.0752. The Hall–Kier alpha value is -1.53. The Bertz CT molecular complexity index is 493. The van der Waals surface area contributed by atoms with E-state index in [0.29, 0.717) is 17.1 Å². The van der Waals surface area contributed by atoms with Crippen molar-refractivity contribution in [2.75, 3.05) is 6.54 Å². The van der Waals surface area contributed by atoms with E-state index in [1.807, 2.05) is 6.92 Å². The van der Waals surface area contributed by atoms with E-state index >= 15 is 0 Å². The van der Waals surface area contributed by atoms with Gasteiger partial charge in [0.15, 0.2) is 0 Å². The van der Waals surface area contributed by atoms with E-state index in [4.69, 9.17) is 16.9 Å². The van der Waals surface area contributed by atoms with Crippen molar-refractivity contribution >= 4 is 17.5 Å². The van der Waals surface area contributed by atoms with Crippen molar-refractivity contribution in [2.24, 2.45) is 0 Å². The molecule has 1 fully saturated rings. The molecule has 17 heavy (non-hydrogen) atoms. The van der Waals surface area contributed by atoms with Gasteiger partial charge in [0, 0.05) is 17.1 Å². The molecular weight excluding hydrogens is 236 g/mol. The number of benzene rings is 1. The lowest BCUT2D eigenvalue weighted by atomic mass is 10.1. The third kappa shape index (κ3) is 2.27. The first-order valence-corrected chi connectivity index (χ1v) is 5.98. The minimum atomic E-state index is -0.279. The maximum atomic E-state index is 12.2. The van der Waals surface area contributed by atoms with Crippen LogP contribution in [0.4, 0.5) is 0 Å².